The van der Waals surface area contributed by atoms with Crippen molar-refractivity contribution in [2.24, 2.45) is 16.3 Å². The third kappa shape index (κ3) is 2.36. The molecule has 0 saturated heterocycles. The fourth-order valence-corrected chi connectivity index (χ4v) is 2.18. The van der Waals surface area contributed by atoms with Crippen LogP contribution in [0.2, 0.25) is 0 Å². The van der Waals surface area contributed by atoms with Gasteiger partial charge < -0.3 is 16.3 Å². The van der Waals surface area contributed by atoms with Crippen LogP contribution >= 0.6 is 22.6 Å². The molecule has 1 aromatic rings. The van der Waals surface area contributed by atoms with E-state index in [1.807, 2.05) is 24.3 Å². The molecule has 1 aliphatic carbocycles. The minimum Gasteiger partial charge on any atom is -0.409 e. The van der Waals surface area contributed by atoms with Crippen LogP contribution in [-0.2, 0) is 4.79 Å². The maximum atomic E-state index is 12.0. The molecule has 1 amide bonds. The van der Waals surface area contributed by atoms with E-state index in [0.717, 1.165) is 9.26 Å². The number of hydrogen-bond donors (Lipinski definition) is 3. The molecule has 1 aliphatic rings. The van der Waals surface area contributed by atoms with Crippen LogP contribution < -0.4 is 11.1 Å². The molecule has 0 spiro atoms. The van der Waals surface area contributed by atoms with E-state index in [-0.39, 0.29) is 11.7 Å². The second-order valence-corrected chi connectivity index (χ2v) is 5.28. The first-order valence-corrected chi connectivity index (χ1v) is 6.21. The molecule has 0 atom stereocenters. The van der Waals surface area contributed by atoms with Gasteiger partial charge in [-0.1, -0.05) is 11.2 Å². The van der Waals surface area contributed by atoms with Crippen LogP contribution in [0.4, 0.5) is 5.69 Å². The van der Waals surface area contributed by atoms with E-state index in [4.69, 9.17) is 10.9 Å². The predicted octanol–water partition coefficient (Wildman–Crippen LogP) is 1.76. The van der Waals surface area contributed by atoms with E-state index in [2.05, 4.69) is 33.1 Å². The summed E-state index contributed by atoms with van der Waals surface area (Å²) in [5.74, 6) is -0.226. The van der Waals surface area contributed by atoms with Crippen molar-refractivity contribution in [2.75, 3.05) is 5.32 Å². The second kappa shape index (κ2) is 4.52. The second-order valence-electron chi connectivity index (χ2n) is 4.03. The minimum absolute atomic E-state index is 0.0133. The van der Waals surface area contributed by atoms with E-state index in [1.54, 1.807) is 0 Å². The molecule has 90 valence electrons. The number of nitrogens with one attached hydrogen (secondary N) is 1. The van der Waals surface area contributed by atoms with Crippen LogP contribution in [0.5, 0.6) is 0 Å². The number of rotatable bonds is 3. The SMILES string of the molecule is N/C(=N/O)C1(C(=O)Nc2cccc(I)c2)CC1. The third-order valence-electron chi connectivity index (χ3n) is 2.87. The summed E-state index contributed by atoms with van der Waals surface area (Å²) >= 11 is 2.17. The Morgan fingerprint density at radius 2 is 2.24 bits per heavy atom. The quantitative estimate of drug-likeness (QED) is 0.256. The summed E-state index contributed by atoms with van der Waals surface area (Å²) < 4.78 is 1.04. The fourth-order valence-electron chi connectivity index (χ4n) is 1.64. The number of nitrogens with zero attached hydrogens (tertiary/aromatic N) is 1. The van der Waals surface area contributed by atoms with Crippen molar-refractivity contribution in [3.63, 3.8) is 0 Å². The first-order valence-electron chi connectivity index (χ1n) is 5.13. The van der Waals surface area contributed by atoms with Gasteiger partial charge in [0, 0.05) is 9.26 Å². The van der Waals surface area contributed by atoms with Gasteiger partial charge in [-0.05, 0) is 53.6 Å². The van der Waals surface area contributed by atoms with Gasteiger partial charge in [-0.25, -0.2) is 0 Å². The minimum atomic E-state index is -0.809. The molecule has 6 heteroatoms. The molecule has 0 unspecified atom stereocenters. The van der Waals surface area contributed by atoms with Crippen molar-refractivity contribution in [2.45, 2.75) is 12.8 Å². The highest BCUT2D eigenvalue weighted by Gasteiger charge is 2.54. The first kappa shape index (κ1) is 12.2. The number of amidine groups is 1. The largest absolute Gasteiger partial charge is 0.409 e. The van der Waals surface area contributed by atoms with Crippen molar-refractivity contribution in [3.05, 3.63) is 27.8 Å². The van der Waals surface area contributed by atoms with Gasteiger partial charge in [-0.15, -0.1) is 0 Å². The summed E-state index contributed by atoms with van der Waals surface area (Å²) in [6.45, 7) is 0. The van der Waals surface area contributed by atoms with Crippen molar-refractivity contribution < 1.29 is 10.0 Å². The molecule has 1 fully saturated rings. The summed E-state index contributed by atoms with van der Waals surface area (Å²) in [6.07, 6.45) is 1.25. The summed E-state index contributed by atoms with van der Waals surface area (Å²) in [5.41, 5.74) is 5.45. The average molecular weight is 345 g/mol. The number of nitrogens with two attached hydrogens (primary N) is 1. The highest BCUT2D eigenvalue weighted by atomic mass is 127. The van der Waals surface area contributed by atoms with Gasteiger partial charge in [0.05, 0.1) is 0 Å². The number of anilines is 1. The molecular weight excluding hydrogens is 333 g/mol. The summed E-state index contributed by atoms with van der Waals surface area (Å²) in [7, 11) is 0. The fraction of sp³-hybridized carbons (Fsp3) is 0.273. The zero-order valence-electron chi connectivity index (χ0n) is 8.98. The van der Waals surface area contributed by atoms with Gasteiger partial charge >= 0.3 is 0 Å². The molecule has 17 heavy (non-hydrogen) atoms. The molecular formula is C11H12IN3O2. The van der Waals surface area contributed by atoms with Crippen molar-refractivity contribution >= 4 is 40.0 Å². The third-order valence-corrected chi connectivity index (χ3v) is 3.54. The van der Waals surface area contributed by atoms with Crippen LogP contribution in [0, 0.1) is 8.99 Å². The van der Waals surface area contributed by atoms with Gasteiger partial charge in [0.25, 0.3) is 0 Å². The Labute approximate surface area is 112 Å². The molecule has 4 N–H and O–H groups in total. The summed E-state index contributed by atoms with van der Waals surface area (Å²) in [5, 5.41) is 14.4. The maximum Gasteiger partial charge on any atom is 0.238 e. The number of hydrogen-bond acceptors (Lipinski definition) is 3. The van der Waals surface area contributed by atoms with E-state index in [9.17, 15) is 4.79 Å². The van der Waals surface area contributed by atoms with E-state index >= 15 is 0 Å². The van der Waals surface area contributed by atoms with Gasteiger partial charge in [-0.3, -0.25) is 4.79 Å². The normalized spacial score (nSPS) is 17.6. The average Bonchev–Trinajstić information content (AvgIpc) is 3.09. The van der Waals surface area contributed by atoms with Crippen LogP contribution in [-0.4, -0.2) is 17.0 Å². The standard InChI is InChI=1S/C11H12IN3O2/c12-7-2-1-3-8(6-7)14-10(16)11(4-5-11)9(13)15-17/h1-3,6,17H,4-5H2,(H2,13,15)(H,14,16). The molecule has 0 aromatic heterocycles. The van der Waals surface area contributed by atoms with Crippen molar-refractivity contribution in [1.29, 1.82) is 0 Å². The summed E-state index contributed by atoms with van der Waals surface area (Å²) in [4.78, 5) is 12.0. The Kier molecular flexibility index (Phi) is 3.23. The van der Waals surface area contributed by atoms with E-state index in [1.165, 1.54) is 0 Å². The van der Waals surface area contributed by atoms with E-state index < -0.39 is 5.41 Å². The maximum absolute atomic E-state index is 12.0. The Hall–Kier alpha value is -1.31. The van der Waals surface area contributed by atoms with Crippen LogP contribution in [0.25, 0.3) is 0 Å². The molecule has 1 saturated carbocycles. The number of carbonyl (C=O) groups is 1. The first-order chi connectivity index (χ1) is 8.08. The lowest BCUT2D eigenvalue weighted by atomic mass is 10.1. The van der Waals surface area contributed by atoms with Crippen molar-refractivity contribution in [3.8, 4) is 0 Å². The smallest absolute Gasteiger partial charge is 0.238 e. The zero-order chi connectivity index (χ0) is 12.5. The predicted molar refractivity (Wildman–Crippen MR) is 72.9 cm³/mol. The molecule has 0 heterocycles. The van der Waals surface area contributed by atoms with Gasteiger partial charge in [0.1, 0.15) is 5.41 Å². The van der Waals surface area contributed by atoms with Crippen LogP contribution in [0.1, 0.15) is 12.8 Å². The molecule has 2 rings (SSSR count). The monoisotopic (exact) mass is 345 g/mol. The lowest BCUT2D eigenvalue weighted by Gasteiger charge is -2.13. The Balaban J connectivity index is 2.13. The molecule has 0 aliphatic heterocycles. The van der Waals surface area contributed by atoms with Gasteiger partial charge in [0.15, 0.2) is 5.84 Å². The number of halogens is 1. The van der Waals surface area contributed by atoms with Crippen molar-refractivity contribution in [1.82, 2.24) is 0 Å². The molecule has 0 radical (unpaired) electrons. The number of benzene rings is 1. The molecule has 5 nitrogen and oxygen atoms in total. The zero-order valence-corrected chi connectivity index (χ0v) is 11.1. The van der Waals surface area contributed by atoms with Gasteiger partial charge in [-0.2, -0.15) is 0 Å². The number of carbonyl (C=O) groups excluding carboxylic acids is 1. The topological polar surface area (TPSA) is 87.7 Å². The Morgan fingerprint density at radius 1 is 1.53 bits per heavy atom. The summed E-state index contributed by atoms with van der Waals surface area (Å²) in [6, 6.07) is 7.47. The number of amides is 1. The Bertz CT molecular complexity index is 483. The van der Waals surface area contributed by atoms with E-state index in [0.29, 0.717) is 12.8 Å². The Morgan fingerprint density at radius 3 is 2.76 bits per heavy atom. The van der Waals surface area contributed by atoms with Crippen LogP contribution in [0.3, 0.4) is 0 Å². The van der Waals surface area contributed by atoms with Gasteiger partial charge in [0.2, 0.25) is 5.91 Å². The lowest BCUT2D eigenvalue weighted by Crippen LogP contribution is -2.36. The lowest BCUT2D eigenvalue weighted by molar-refractivity contribution is -0.119. The molecule has 0 bridgehead atoms. The molecule has 1 aromatic carbocycles. The highest BCUT2D eigenvalue weighted by molar-refractivity contribution is 14.1. The number of oxime groups is 1. The highest BCUT2D eigenvalue weighted by Crippen LogP contribution is 2.46. The van der Waals surface area contributed by atoms with Crippen LogP contribution in [0.15, 0.2) is 29.4 Å².